The molecule has 1 atom stereocenters. The molecule has 0 saturated carbocycles. The maximum absolute atomic E-state index is 13.6. The number of carbonyl (C=O) groups is 2. The monoisotopic (exact) mass is 914 g/mol. The molecule has 64 heavy (non-hydrogen) atoms. The molecule has 6 aromatic rings. The molecule has 2 amide bonds. The van der Waals surface area contributed by atoms with Crippen LogP contribution in [0.5, 0.6) is 0 Å². The van der Waals surface area contributed by atoms with Crippen molar-refractivity contribution < 1.29 is 28.2 Å². The molecule has 2 N–H and O–H groups in total. The van der Waals surface area contributed by atoms with Crippen molar-refractivity contribution in [2.75, 3.05) is 52.7 Å². The first-order valence-electron chi connectivity index (χ1n) is 20.5. The molecular formula is C44H48ClFN10O7S. The van der Waals surface area contributed by atoms with Crippen LogP contribution in [0.2, 0.25) is 5.02 Å². The van der Waals surface area contributed by atoms with E-state index in [1.54, 1.807) is 28.0 Å². The first-order chi connectivity index (χ1) is 30.8. The first-order valence-corrected chi connectivity index (χ1v) is 21.7. The van der Waals surface area contributed by atoms with Gasteiger partial charge < -0.3 is 29.4 Å². The third kappa shape index (κ3) is 10.3. The van der Waals surface area contributed by atoms with Crippen LogP contribution in [0.4, 0.5) is 4.39 Å². The van der Waals surface area contributed by atoms with Gasteiger partial charge in [-0.3, -0.25) is 33.1 Å². The highest BCUT2D eigenvalue weighted by molar-refractivity contribution is 7.15. The molecule has 1 aliphatic rings. The Balaban J connectivity index is 0.802. The highest BCUT2D eigenvalue weighted by Crippen LogP contribution is 2.39. The predicted octanol–water partition coefficient (Wildman–Crippen LogP) is 4.12. The molecule has 0 radical (unpaired) electrons. The Morgan fingerprint density at radius 1 is 0.875 bits per heavy atom. The van der Waals surface area contributed by atoms with Crippen LogP contribution in [-0.2, 0) is 44.4 Å². The van der Waals surface area contributed by atoms with Crippen molar-refractivity contribution in [3.63, 3.8) is 0 Å². The van der Waals surface area contributed by atoms with Crippen molar-refractivity contribution in [1.29, 1.82) is 0 Å². The standard InChI is InChI=1S/C44H48ClFN10O7S/c1-26-27(2)64-43-37(26)38(30-8-10-31(45)11-9-30)49-33(40-52-51-28(3)56(40)43)24-36(58)48-17-19-62-21-23-63-22-20-61-18-16-47-35(57)15-14-34-50-39-41(53(4)44(60)54(5)42(39)59)55(34)25-29-6-12-32(46)13-7-29/h6-15,33H,16-25H2,1-5H3,(H,47,57)(H,48,58)/b15-14+/t33-/m0/s1. The molecule has 0 aliphatic carbocycles. The van der Waals surface area contributed by atoms with Crippen molar-refractivity contribution >= 4 is 57.7 Å². The number of carbonyl (C=O) groups excluding carboxylic acids is 2. The Hall–Kier alpha value is -6.12. The third-order valence-electron chi connectivity index (χ3n) is 10.6. The number of aromatic nitrogens is 7. The average molecular weight is 915 g/mol. The van der Waals surface area contributed by atoms with E-state index in [0.29, 0.717) is 56.0 Å². The molecule has 336 valence electrons. The topological polar surface area (TPSA) is 191 Å². The maximum Gasteiger partial charge on any atom is 0.332 e. The second-order valence-electron chi connectivity index (χ2n) is 15.0. The number of aliphatic imine (C=N–C) groups is 1. The summed E-state index contributed by atoms with van der Waals surface area (Å²) in [6, 6.07) is 12.8. The lowest BCUT2D eigenvalue weighted by Gasteiger charge is -2.13. The average Bonchev–Trinajstić information content (AvgIpc) is 3.91. The van der Waals surface area contributed by atoms with Crippen LogP contribution in [0.1, 0.15) is 57.1 Å². The number of halogens is 2. The van der Waals surface area contributed by atoms with Gasteiger partial charge >= 0.3 is 5.69 Å². The normalized spacial score (nSPS) is 13.5. The van der Waals surface area contributed by atoms with Gasteiger partial charge in [0.2, 0.25) is 11.8 Å². The molecule has 20 heteroatoms. The van der Waals surface area contributed by atoms with Gasteiger partial charge in [0, 0.05) is 54.3 Å². The number of ether oxygens (including phenoxy) is 3. The Morgan fingerprint density at radius 2 is 1.53 bits per heavy atom. The van der Waals surface area contributed by atoms with Crippen molar-refractivity contribution in [2.24, 2.45) is 19.1 Å². The van der Waals surface area contributed by atoms with Crippen molar-refractivity contribution in [3.05, 3.63) is 131 Å². The minimum absolute atomic E-state index is 0.0609. The number of benzene rings is 2. The van der Waals surface area contributed by atoms with Crippen LogP contribution in [0, 0.1) is 26.6 Å². The molecule has 0 unspecified atom stereocenters. The van der Waals surface area contributed by atoms with E-state index in [9.17, 15) is 23.6 Å². The number of rotatable bonds is 19. The lowest BCUT2D eigenvalue weighted by molar-refractivity contribution is -0.121. The van der Waals surface area contributed by atoms with E-state index < -0.39 is 29.0 Å². The number of thiophene rings is 1. The number of hydrogen-bond donors (Lipinski definition) is 2. The quantitative estimate of drug-likeness (QED) is 0.0884. The fourth-order valence-electron chi connectivity index (χ4n) is 7.20. The van der Waals surface area contributed by atoms with Gasteiger partial charge in [0.15, 0.2) is 17.0 Å². The summed E-state index contributed by atoms with van der Waals surface area (Å²) >= 11 is 7.87. The molecule has 2 aromatic carbocycles. The van der Waals surface area contributed by atoms with Gasteiger partial charge in [0.1, 0.15) is 28.5 Å². The van der Waals surface area contributed by atoms with E-state index in [4.69, 9.17) is 30.8 Å². The summed E-state index contributed by atoms with van der Waals surface area (Å²) < 4.78 is 36.3. The Kier molecular flexibility index (Phi) is 14.8. The SMILES string of the molecule is Cc1sc2c(c1C)C(c1ccc(Cl)cc1)=N[C@@H](CC(=O)NCCOCCOCCOCCNC(=O)/C=C/c1nc3c(=O)n(C)c(=O)n(C)c3n1Cc1ccc(F)cc1)c1nnc(C)n1-2. The number of fused-ring (bicyclic) bond motifs is 4. The van der Waals surface area contributed by atoms with Gasteiger partial charge in [0.05, 0.1) is 58.3 Å². The van der Waals surface area contributed by atoms with E-state index in [1.807, 2.05) is 35.8 Å². The maximum atomic E-state index is 13.6. The Labute approximate surface area is 376 Å². The zero-order valence-electron chi connectivity index (χ0n) is 36.0. The van der Waals surface area contributed by atoms with E-state index in [2.05, 4.69) is 39.7 Å². The fourth-order valence-corrected chi connectivity index (χ4v) is 8.54. The molecule has 0 spiro atoms. The number of hydrogen-bond acceptors (Lipinski definition) is 12. The minimum atomic E-state index is -0.571. The summed E-state index contributed by atoms with van der Waals surface area (Å²) in [5.41, 5.74) is 3.73. The molecule has 17 nitrogen and oxygen atoms in total. The highest BCUT2D eigenvalue weighted by atomic mass is 35.5. The number of amides is 2. The van der Waals surface area contributed by atoms with Crippen LogP contribution < -0.4 is 21.9 Å². The number of nitrogens with zero attached hydrogens (tertiary/aromatic N) is 8. The summed E-state index contributed by atoms with van der Waals surface area (Å²) in [4.78, 5) is 62.2. The number of imidazole rings is 1. The molecule has 0 bridgehead atoms. The van der Waals surface area contributed by atoms with E-state index in [0.717, 1.165) is 42.7 Å². The largest absolute Gasteiger partial charge is 0.377 e. The first kappa shape index (κ1) is 45.9. The molecule has 4 aromatic heterocycles. The third-order valence-corrected chi connectivity index (χ3v) is 12.0. The van der Waals surface area contributed by atoms with Gasteiger partial charge in [-0.15, -0.1) is 21.5 Å². The molecular weight excluding hydrogens is 867 g/mol. The van der Waals surface area contributed by atoms with Crippen molar-refractivity contribution in [1.82, 2.24) is 44.1 Å². The lowest BCUT2D eigenvalue weighted by atomic mass is 9.99. The van der Waals surface area contributed by atoms with Gasteiger partial charge in [-0.1, -0.05) is 35.9 Å². The van der Waals surface area contributed by atoms with Gasteiger partial charge in [-0.05, 0) is 62.2 Å². The number of nitrogens with one attached hydrogen (secondary N) is 2. The lowest BCUT2D eigenvalue weighted by Crippen LogP contribution is -2.37. The van der Waals surface area contributed by atoms with Crippen LogP contribution >= 0.6 is 22.9 Å². The van der Waals surface area contributed by atoms with Crippen molar-refractivity contribution in [2.45, 2.75) is 39.8 Å². The summed E-state index contributed by atoms with van der Waals surface area (Å²) in [6.07, 6.45) is 2.80. The van der Waals surface area contributed by atoms with E-state index in [-0.39, 0.29) is 49.0 Å². The predicted molar refractivity (Wildman–Crippen MR) is 241 cm³/mol. The Bertz CT molecular complexity index is 2840. The Morgan fingerprint density at radius 3 is 2.22 bits per heavy atom. The van der Waals surface area contributed by atoms with Crippen LogP contribution in [0.25, 0.3) is 22.2 Å². The van der Waals surface area contributed by atoms with Gasteiger partial charge in [-0.2, -0.15) is 0 Å². The van der Waals surface area contributed by atoms with Crippen LogP contribution in [0.3, 0.4) is 0 Å². The smallest absolute Gasteiger partial charge is 0.332 e. The molecule has 0 fully saturated rings. The molecule has 7 rings (SSSR count). The molecule has 1 aliphatic heterocycles. The summed E-state index contributed by atoms with van der Waals surface area (Å²) in [6.45, 7) is 8.55. The van der Waals surface area contributed by atoms with Gasteiger partial charge in [-0.25, -0.2) is 14.2 Å². The summed E-state index contributed by atoms with van der Waals surface area (Å²) in [5.74, 6) is 0.586. The second-order valence-corrected chi connectivity index (χ2v) is 16.6. The summed E-state index contributed by atoms with van der Waals surface area (Å²) in [7, 11) is 2.90. The van der Waals surface area contributed by atoms with E-state index in [1.165, 1.54) is 42.9 Å². The van der Waals surface area contributed by atoms with Crippen LogP contribution in [0.15, 0.2) is 69.2 Å². The highest BCUT2D eigenvalue weighted by Gasteiger charge is 2.32. The zero-order chi connectivity index (χ0) is 45.5. The van der Waals surface area contributed by atoms with Gasteiger partial charge in [0.25, 0.3) is 5.56 Å². The fraction of sp³-hybridized carbons (Fsp3) is 0.364. The molecule has 5 heterocycles. The van der Waals surface area contributed by atoms with Crippen LogP contribution in [-0.4, -0.2) is 104 Å². The van der Waals surface area contributed by atoms with Crippen molar-refractivity contribution in [3.8, 4) is 5.00 Å². The zero-order valence-corrected chi connectivity index (χ0v) is 37.6. The minimum Gasteiger partial charge on any atom is -0.377 e. The molecule has 0 saturated heterocycles. The second kappa shape index (κ2) is 20.6. The summed E-state index contributed by atoms with van der Waals surface area (Å²) in [5, 5.41) is 16.1. The number of aryl methyl sites for hydroxylation is 3. The van der Waals surface area contributed by atoms with E-state index >= 15 is 0 Å².